The maximum atomic E-state index is 4.23. The highest BCUT2D eigenvalue weighted by Gasteiger charge is 2.01. The van der Waals surface area contributed by atoms with E-state index in [4.69, 9.17) is 0 Å². The fraction of sp³-hybridized carbons (Fsp3) is 0. The molecular weight excluding hydrogens is 192 g/mol. The summed E-state index contributed by atoms with van der Waals surface area (Å²) in [6.45, 7) is 3.66. The van der Waals surface area contributed by atoms with E-state index in [-0.39, 0.29) is 0 Å². The Morgan fingerprint density at radius 1 is 1.36 bits per heavy atom. The zero-order chi connectivity index (χ0) is 9.80. The van der Waals surface area contributed by atoms with E-state index < -0.39 is 0 Å². The van der Waals surface area contributed by atoms with Crippen LogP contribution in [-0.2, 0) is 0 Å². The number of thiophene rings is 1. The Morgan fingerprint density at radius 2 is 2.29 bits per heavy atom. The third-order valence-corrected chi connectivity index (χ3v) is 2.72. The minimum atomic E-state index is 0.918. The third-order valence-electron chi connectivity index (χ3n) is 1.75. The second-order valence-electron chi connectivity index (χ2n) is 2.74. The van der Waals surface area contributed by atoms with Gasteiger partial charge < -0.3 is 0 Å². The highest BCUT2D eigenvalue weighted by Crippen LogP contribution is 2.25. The molecular formula is C11H9N2S. The van der Waals surface area contributed by atoms with E-state index in [2.05, 4.69) is 28.3 Å². The van der Waals surface area contributed by atoms with Gasteiger partial charge in [0.15, 0.2) is 0 Å². The highest BCUT2D eigenvalue weighted by atomic mass is 32.1. The second-order valence-corrected chi connectivity index (χ2v) is 3.65. The van der Waals surface area contributed by atoms with Gasteiger partial charge in [0.25, 0.3) is 0 Å². The number of hydrogen-bond donors (Lipinski definition) is 0. The lowest BCUT2D eigenvalue weighted by atomic mass is 10.2. The number of rotatable bonds is 2. The van der Waals surface area contributed by atoms with E-state index in [0.717, 1.165) is 16.1 Å². The fourth-order valence-corrected chi connectivity index (χ4v) is 1.98. The molecule has 3 heteroatoms. The molecule has 0 aromatic carbocycles. The molecule has 0 atom stereocenters. The lowest BCUT2D eigenvalue weighted by Crippen LogP contribution is -1.79. The van der Waals surface area contributed by atoms with Gasteiger partial charge >= 0.3 is 0 Å². The number of aromatic nitrogens is 2. The van der Waals surface area contributed by atoms with Crippen LogP contribution in [0.15, 0.2) is 36.1 Å². The van der Waals surface area contributed by atoms with Crippen LogP contribution in [0.25, 0.3) is 16.6 Å². The van der Waals surface area contributed by atoms with E-state index >= 15 is 0 Å². The van der Waals surface area contributed by atoms with E-state index in [1.807, 2.05) is 6.08 Å². The molecule has 0 bridgehead atoms. The molecule has 0 aliphatic heterocycles. The average Bonchev–Trinajstić information content (AvgIpc) is 2.68. The summed E-state index contributed by atoms with van der Waals surface area (Å²) in [5.41, 5.74) is 2.08. The predicted octanol–water partition coefficient (Wildman–Crippen LogP) is 3.05. The van der Waals surface area contributed by atoms with Crippen molar-refractivity contribution in [1.82, 2.24) is 9.97 Å². The zero-order valence-electron chi connectivity index (χ0n) is 7.55. The Labute approximate surface area is 87.0 Å². The molecule has 2 aromatic rings. The van der Waals surface area contributed by atoms with Crippen molar-refractivity contribution < 1.29 is 0 Å². The molecule has 0 amide bonds. The summed E-state index contributed by atoms with van der Waals surface area (Å²) in [7, 11) is 0. The molecule has 69 valence electrons. The van der Waals surface area contributed by atoms with Gasteiger partial charge in [0, 0.05) is 12.4 Å². The zero-order valence-corrected chi connectivity index (χ0v) is 8.37. The standard InChI is InChI=1S/C11H9N2S/c1-2-3-9-6-11(14-8-9)10-7-12-4-5-13-10/h2-8H,1H2/b3-2+. The average molecular weight is 201 g/mol. The Kier molecular flexibility index (Phi) is 2.70. The SMILES string of the molecule is [CH2]/C=C/c1csc(-c2cnccn2)c1. The minimum absolute atomic E-state index is 0.918. The molecule has 0 saturated heterocycles. The summed E-state index contributed by atoms with van der Waals surface area (Å²) in [6, 6.07) is 2.08. The molecule has 1 radical (unpaired) electrons. The van der Waals surface area contributed by atoms with Crippen LogP contribution in [-0.4, -0.2) is 9.97 Å². The number of hydrogen-bond acceptors (Lipinski definition) is 3. The van der Waals surface area contributed by atoms with Gasteiger partial charge in [-0.25, -0.2) is 0 Å². The maximum Gasteiger partial charge on any atom is 0.0984 e. The lowest BCUT2D eigenvalue weighted by Gasteiger charge is -1.91. The molecule has 2 heterocycles. The quantitative estimate of drug-likeness (QED) is 0.746. The third kappa shape index (κ3) is 1.88. The summed E-state index contributed by atoms with van der Waals surface area (Å²) in [4.78, 5) is 9.39. The first-order chi connectivity index (χ1) is 6.90. The van der Waals surface area contributed by atoms with Crippen LogP contribution in [0.3, 0.4) is 0 Å². The van der Waals surface area contributed by atoms with Crippen molar-refractivity contribution in [2.75, 3.05) is 0 Å². The second kappa shape index (κ2) is 4.15. The van der Waals surface area contributed by atoms with Crippen LogP contribution in [0.5, 0.6) is 0 Å². The van der Waals surface area contributed by atoms with Crippen molar-refractivity contribution in [1.29, 1.82) is 0 Å². The van der Waals surface area contributed by atoms with Crippen LogP contribution < -0.4 is 0 Å². The Hall–Kier alpha value is -1.48. The normalized spacial score (nSPS) is 10.9. The van der Waals surface area contributed by atoms with Crippen molar-refractivity contribution >= 4 is 17.4 Å². The monoisotopic (exact) mass is 201 g/mol. The Bertz CT molecular complexity index is 432. The van der Waals surface area contributed by atoms with E-state index in [9.17, 15) is 0 Å². The molecule has 0 spiro atoms. The Morgan fingerprint density at radius 3 is 3.00 bits per heavy atom. The van der Waals surface area contributed by atoms with Crippen molar-refractivity contribution in [3.8, 4) is 10.6 Å². The molecule has 0 unspecified atom stereocenters. The van der Waals surface area contributed by atoms with Gasteiger partial charge in [0.1, 0.15) is 0 Å². The largest absolute Gasteiger partial charge is 0.261 e. The smallest absolute Gasteiger partial charge is 0.0984 e. The summed E-state index contributed by atoms with van der Waals surface area (Å²) in [6.07, 6.45) is 8.89. The molecule has 2 aromatic heterocycles. The lowest BCUT2D eigenvalue weighted by molar-refractivity contribution is 1.21. The molecule has 0 N–H and O–H groups in total. The first-order valence-electron chi connectivity index (χ1n) is 4.21. The predicted molar refractivity (Wildman–Crippen MR) is 59.7 cm³/mol. The van der Waals surface area contributed by atoms with Crippen molar-refractivity contribution in [2.45, 2.75) is 0 Å². The van der Waals surface area contributed by atoms with E-state index in [0.29, 0.717) is 0 Å². The topological polar surface area (TPSA) is 25.8 Å². The van der Waals surface area contributed by atoms with Crippen LogP contribution in [0.2, 0.25) is 0 Å². The molecule has 2 nitrogen and oxygen atoms in total. The number of allylic oxidation sites excluding steroid dienone is 1. The maximum absolute atomic E-state index is 4.23. The van der Waals surface area contributed by atoms with Crippen LogP contribution in [0, 0.1) is 6.92 Å². The summed E-state index contributed by atoms with van der Waals surface area (Å²) >= 11 is 1.66. The van der Waals surface area contributed by atoms with Gasteiger partial charge in [-0.2, -0.15) is 0 Å². The molecule has 0 fully saturated rings. The Balaban J connectivity index is 2.34. The van der Waals surface area contributed by atoms with Gasteiger partial charge in [-0.3, -0.25) is 9.97 Å². The first-order valence-corrected chi connectivity index (χ1v) is 5.09. The van der Waals surface area contributed by atoms with E-state index in [1.54, 1.807) is 36.0 Å². The molecule has 0 aliphatic carbocycles. The molecule has 0 aliphatic rings. The molecule has 14 heavy (non-hydrogen) atoms. The summed E-state index contributed by atoms with van der Waals surface area (Å²) < 4.78 is 0. The van der Waals surface area contributed by atoms with Gasteiger partial charge in [-0.1, -0.05) is 12.2 Å². The van der Waals surface area contributed by atoms with Crippen LogP contribution >= 0.6 is 11.3 Å². The molecule has 2 rings (SSSR count). The fourth-order valence-electron chi connectivity index (χ4n) is 1.14. The van der Waals surface area contributed by atoms with Crippen molar-refractivity contribution in [2.24, 2.45) is 0 Å². The first kappa shape index (κ1) is 9.09. The summed E-state index contributed by atoms with van der Waals surface area (Å²) in [5.74, 6) is 0. The minimum Gasteiger partial charge on any atom is -0.261 e. The van der Waals surface area contributed by atoms with Crippen molar-refractivity contribution in [3.63, 3.8) is 0 Å². The van der Waals surface area contributed by atoms with Gasteiger partial charge in [0.05, 0.1) is 16.8 Å². The van der Waals surface area contributed by atoms with Crippen molar-refractivity contribution in [3.05, 3.63) is 48.6 Å². The number of nitrogens with zero attached hydrogens (tertiary/aromatic N) is 2. The molecule has 0 saturated carbocycles. The van der Waals surface area contributed by atoms with Gasteiger partial charge in [-0.05, 0) is 23.9 Å². The van der Waals surface area contributed by atoms with Crippen LogP contribution in [0.4, 0.5) is 0 Å². The summed E-state index contributed by atoms with van der Waals surface area (Å²) in [5, 5.41) is 2.08. The highest BCUT2D eigenvalue weighted by molar-refractivity contribution is 7.13. The van der Waals surface area contributed by atoms with Gasteiger partial charge in [0.2, 0.25) is 0 Å². The van der Waals surface area contributed by atoms with Crippen LogP contribution in [0.1, 0.15) is 5.56 Å². The van der Waals surface area contributed by atoms with E-state index in [1.165, 1.54) is 0 Å². The van der Waals surface area contributed by atoms with Gasteiger partial charge in [-0.15, -0.1) is 11.3 Å².